The van der Waals surface area contributed by atoms with E-state index < -0.39 is 11.6 Å². The molecule has 0 unspecified atom stereocenters. The molecule has 10 nitrogen and oxygen atoms in total. The topological polar surface area (TPSA) is 138 Å². The molecule has 11 heteroatoms. The van der Waals surface area contributed by atoms with Gasteiger partial charge in [0.25, 0.3) is 5.91 Å². The van der Waals surface area contributed by atoms with Crippen molar-refractivity contribution in [3.8, 4) is 11.5 Å². The summed E-state index contributed by atoms with van der Waals surface area (Å²) in [7, 11) is 1.63. The minimum Gasteiger partial charge on any atom is -0.496 e. The zero-order valence-electron chi connectivity index (χ0n) is 26.0. The number of halogens is 1. The van der Waals surface area contributed by atoms with E-state index >= 15 is 0 Å². The van der Waals surface area contributed by atoms with Gasteiger partial charge in [-0.2, -0.15) is 0 Å². The van der Waals surface area contributed by atoms with Crippen LogP contribution in [0.15, 0.2) is 112 Å². The number of rotatable bonds is 15. The van der Waals surface area contributed by atoms with Crippen molar-refractivity contribution in [3.63, 3.8) is 0 Å². The van der Waals surface area contributed by atoms with E-state index in [0.717, 1.165) is 26.9 Å². The molecule has 47 heavy (non-hydrogen) atoms. The van der Waals surface area contributed by atoms with Gasteiger partial charge in [0.2, 0.25) is 5.90 Å². The van der Waals surface area contributed by atoms with Crippen molar-refractivity contribution >= 4 is 27.7 Å². The van der Waals surface area contributed by atoms with Crippen molar-refractivity contribution in [1.82, 2.24) is 5.32 Å². The monoisotopic (exact) mass is 697 g/mol. The Morgan fingerprint density at radius 3 is 2.49 bits per heavy atom. The number of amides is 1. The van der Waals surface area contributed by atoms with E-state index in [1.54, 1.807) is 7.11 Å². The molecule has 2 N–H and O–H groups in total. The molecule has 0 saturated carbocycles. The lowest BCUT2D eigenvalue weighted by Gasteiger charge is -2.32. The highest BCUT2D eigenvalue weighted by molar-refractivity contribution is 9.10. The Morgan fingerprint density at radius 2 is 1.77 bits per heavy atom. The standard InChI is InChI=1S/C36H36BrN5O5/c1-45-32-10-5-3-7-26(32)19-20-39-35(44)36(23-25-11-15-29(37)16-12-25)33(31-9-4-2-8-28(31)24-40-42-38)47-34(41-36)27-13-17-30(18-14-27)46-22-6-21-43/h2-5,7-18,33,43H,6,19-24H2,1H3,(H,39,44)/t33-,36-/m1/s1. The highest BCUT2D eigenvalue weighted by Crippen LogP contribution is 2.44. The van der Waals surface area contributed by atoms with E-state index in [0.29, 0.717) is 48.8 Å². The van der Waals surface area contributed by atoms with Crippen LogP contribution in [0, 0.1) is 0 Å². The molecule has 4 aromatic carbocycles. The molecule has 1 amide bonds. The van der Waals surface area contributed by atoms with E-state index in [1.807, 2.05) is 97.1 Å². The average molecular weight is 699 g/mol. The van der Waals surface area contributed by atoms with Gasteiger partial charge < -0.3 is 24.6 Å². The number of carbonyl (C=O) groups excluding carboxylic acids is 1. The summed E-state index contributed by atoms with van der Waals surface area (Å²) < 4.78 is 18.8. The number of benzene rings is 4. The fraction of sp³-hybridized carbons (Fsp3) is 0.278. The molecule has 0 aromatic heterocycles. The number of nitrogens with one attached hydrogen (secondary N) is 1. The van der Waals surface area contributed by atoms with E-state index in [-0.39, 0.29) is 25.5 Å². The van der Waals surface area contributed by atoms with Crippen molar-refractivity contribution in [2.24, 2.45) is 10.1 Å². The summed E-state index contributed by atoms with van der Waals surface area (Å²) in [4.78, 5) is 22.7. The summed E-state index contributed by atoms with van der Waals surface area (Å²) in [5.41, 5.74) is 11.7. The zero-order chi connectivity index (χ0) is 33.1. The number of ether oxygens (including phenoxy) is 3. The van der Waals surface area contributed by atoms with Gasteiger partial charge in [0.05, 0.1) is 20.3 Å². The molecule has 1 aliphatic rings. The van der Waals surface area contributed by atoms with E-state index in [1.165, 1.54) is 0 Å². The number of aliphatic hydroxyl groups excluding tert-OH is 1. The number of nitrogens with zero attached hydrogens (tertiary/aromatic N) is 4. The Balaban J connectivity index is 1.56. The van der Waals surface area contributed by atoms with Gasteiger partial charge in [-0.1, -0.05) is 75.6 Å². The third kappa shape index (κ3) is 8.13. The van der Waals surface area contributed by atoms with Gasteiger partial charge in [-0.15, -0.1) is 0 Å². The van der Waals surface area contributed by atoms with Crippen molar-refractivity contribution in [1.29, 1.82) is 0 Å². The maximum absolute atomic E-state index is 14.6. The van der Waals surface area contributed by atoms with E-state index in [2.05, 4.69) is 31.3 Å². The van der Waals surface area contributed by atoms with Gasteiger partial charge in [-0.05, 0) is 76.7 Å². The summed E-state index contributed by atoms with van der Waals surface area (Å²) in [5.74, 6) is 1.42. The first kappa shape index (κ1) is 33.5. The molecule has 5 rings (SSSR count). The molecule has 0 fully saturated rings. The van der Waals surface area contributed by atoms with Crippen molar-refractivity contribution in [2.75, 3.05) is 26.9 Å². The number of aliphatic imine (C=N–C) groups is 1. The molecular formula is C36H36BrN5O5. The summed E-state index contributed by atoms with van der Waals surface area (Å²) in [5, 5.41) is 16.1. The molecule has 0 saturated heterocycles. The number of para-hydroxylation sites is 1. The van der Waals surface area contributed by atoms with Gasteiger partial charge in [0.15, 0.2) is 11.6 Å². The molecule has 2 atom stereocenters. The Morgan fingerprint density at radius 1 is 1.04 bits per heavy atom. The summed E-state index contributed by atoms with van der Waals surface area (Å²) in [6.07, 6.45) is 0.488. The molecule has 4 aromatic rings. The Labute approximate surface area is 282 Å². The van der Waals surface area contributed by atoms with Crippen LogP contribution < -0.4 is 14.8 Å². The second kappa shape index (κ2) is 16.1. The lowest BCUT2D eigenvalue weighted by atomic mass is 9.80. The minimum absolute atomic E-state index is 0.0483. The number of azide groups is 1. The third-order valence-corrected chi connectivity index (χ3v) is 8.46. The predicted octanol–water partition coefficient (Wildman–Crippen LogP) is 6.89. The largest absolute Gasteiger partial charge is 0.496 e. The van der Waals surface area contributed by atoms with Crippen LogP contribution in [0.5, 0.6) is 11.5 Å². The molecule has 242 valence electrons. The number of hydrogen-bond donors (Lipinski definition) is 2. The SMILES string of the molecule is COc1ccccc1CCNC(=O)[C@]1(Cc2ccc(Br)cc2)N=C(c2ccc(OCCCO)cc2)O[C@@H]1c1ccccc1CN=[N+]=[N-]. The van der Waals surface area contributed by atoms with Gasteiger partial charge in [-0.3, -0.25) is 4.79 Å². The van der Waals surface area contributed by atoms with Crippen molar-refractivity contribution in [2.45, 2.75) is 37.5 Å². The first-order valence-corrected chi connectivity index (χ1v) is 16.1. The van der Waals surface area contributed by atoms with Crippen molar-refractivity contribution in [3.05, 3.63) is 140 Å². The zero-order valence-corrected chi connectivity index (χ0v) is 27.6. The average Bonchev–Trinajstić information content (AvgIpc) is 3.49. The molecule has 0 aliphatic carbocycles. The number of carbonyl (C=O) groups is 1. The maximum atomic E-state index is 14.6. The predicted molar refractivity (Wildman–Crippen MR) is 184 cm³/mol. The normalized spacial score (nSPS) is 16.8. The second-order valence-electron chi connectivity index (χ2n) is 11.0. The van der Waals surface area contributed by atoms with Gasteiger partial charge in [-0.25, -0.2) is 4.99 Å². The van der Waals surface area contributed by atoms with E-state index in [4.69, 9.17) is 29.8 Å². The van der Waals surface area contributed by atoms with Gasteiger partial charge >= 0.3 is 0 Å². The number of methoxy groups -OCH3 is 1. The minimum atomic E-state index is -1.41. The molecule has 1 aliphatic heterocycles. The van der Waals surface area contributed by atoms with Crippen LogP contribution in [0.25, 0.3) is 10.4 Å². The first-order chi connectivity index (χ1) is 23.0. The summed E-state index contributed by atoms with van der Waals surface area (Å²) >= 11 is 3.51. The summed E-state index contributed by atoms with van der Waals surface area (Å²) in [6.45, 7) is 0.875. The van der Waals surface area contributed by atoms with Gasteiger partial charge in [0.1, 0.15) is 11.5 Å². The maximum Gasteiger partial charge on any atom is 0.252 e. The highest BCUT2D eigenvalue weighted by atomic mass is 79.9. The Kier molecular flexibility index (Phi) is 11.5. The first-order valence-electron chi connectivity index (χ1n) is 15.3. The number of hydrogen-bond acceptors (Lipinski definition) is 7. The van der Waals surface area contributed by atoms with Crippen LogP contribution in [0.2, 0.25) is 0 Å². The van der Waals surface area contributed by atoms with Crippen LogP contribution in [-0.2, 0) is 28.9 Å². The van der Waals surface area contributed by atoms with Crippen LogP contribution in [0.1, 0.15) is 40.3 Å². The van der Waals surface area contributed by atoms with Crippen LogP contribution in [0.3, 0.4) is 0 Å². The second-order valence-corrected chi connectivity index (χ2v) is 11.9. The van der Waals surface area contributed by atoms with Crippen LogP contribution in [-0.4, -0.2) is 49.3 Å². The quantitative estimate of drug-likeness (QED) is 0.0603. The Bertz CT molecular complexity index is 1740. The third-order valence-electron chi connectivity index (χ3n) is 7.93. The molecule has 1 heterocycles. The molecule has 0 bridgehead atoms. The lowest BCUT2D eigenvalue weighted by molar-refractivity contribution is -0.128. The van der Waals surface area contributed by atoms with Gasteiger partial charge in [0, 0.05) is 40.9 Å². The molecular weight excluding hydrogens is 662 g/mol. The molecule has 0 spiro atoms. The number of aliphatic hydroxyl groups is 1. The fourth-order valence-corrected chi connectivity index (χ4v) is 5.85. The fourth-order valence-electron chi connectivity index (χ4n) is 5.59. The van der Waals surface area contributed by atoms with E-state index in [9.17, 15) is 4.79 Å². The molecule has 0 radical (unpaired) electrons. The Hall–Kier alpha value is -4.83. The lowest BCUT2D eigenvalue weighted by Crippen LogP contribution is -2.50. The smallest absolute Gasteiger partial charge is 0.252 e. The van der Waals surface area contributed by atoms with Crippen molar-refractivity contribution < 1.29 is 24.1 Å². The van der Waals surface area contributed by atoms with Crippen LogP contribution >= 0.6 is 15.9 Å². The summed E-state index contributed by atoms with van der Waals surface area (Å²) in [6, 6.07) is 30.3. The van der Waals surface area contributed by atoms with Crippen LogP contribution in [0.4, 0.5) is 0 Å². The highest BCUT2D eigenvalue weighted by Gasteiger charge is 2.53.